The highest BCUT2D eigenvalue weighted by Crippen LogP contribution is 2.38. The summed E-state index contributed by atoms with van der Waals surface area (Å²) in [6, 6.07) is 7.95. The molecule has 0 saturated heterocycles. The van der Waals surface area contributed by atoms with E-state index in [0.717, 1.165) is 35.9 Å². The minimum atomic E-state index is -0.897. The summed E-state index contributed by atoms with van der Waals surface area (Å²) in [5.41, 5.74) is 2.67. The SMILES string of the molecule is COc1ccc(C(=O)COC(=O)/C(C#N)=C/c2cc(C)n(C3CC3)c2C)cc1F. The van der Waals surface area contributed by atoms with E-state index in [2.05, 4.69) is 4.57 Å². The van der Waals surface area contributed by atoms with Crippen LogP contribution in [0.25, 0.3) is 6.08 Å². The number of hydrogen-bond acceptors (Lipinski definition) is 5. The number of carbonyl (C=O) groups excluding carboxylic acids is 2. The fourth-order valence-corrected chi connectivity index (χ4v) is 3.27. The van der Waals surface area contributed by atoms with Gasteiger partial charge in [-0.05, 0) is 62.6 Å². The minimum absolute atomic E-state index is 0.0112. The van der Waals surface area contributed by atoms with Gasteiger partial charge >= 0.3 is 5.97 Å². The van der Waals surface area contributed by atoms with Gasteiger partial charge in [0.2, 0.25) is 0 Å². The van der Waals surface area contributed by atoms with Gasteiger partial charge in [-0.15, -0.1) is 0 Å². The first-order valence-corrected chi connectivity index (χ1v) is 9.19. The summed E-state index contributed by atoms with van der Waals surface area (Å²) < 4.78 is 25.7. The molecule has 0 bridgehead atoms. The Morgan fingerprint density at radius 3 is 2.62 bits per heavy atom. The molecule has 1 aliphatic rings. The molecule has 0 amide bonds. The van der Waals surface area contributed by atoms with E-state index in [1.165, 1.54) is 25.3 Å². The average molecular weight is 396 g/mol. The van der Waals surface area contributed by atoms with Gasteiger partial charge in [-0.2, -0.15) is 5.26 Å². The molecule has 0 atom stereocenters. The lowest BCUT2D eigenvalue weighted by Crippen LogP contribution is -2.15. The molecule has 0 N–H and O–H groups in total. The van der Waals surface area contributed by atoms with Crippen LogP contribution >= 0.6 is 0 Å². The first kappa shape index (κ1) is 20.3. The number of nitrogens with zero attached hydrogens (tertiary/aromatic N) is 2. The lowest BCUT2D eigenvalue weighted by atomic mass is 10.1. The van der Waals surface area contributed by atoms with Gasteiger partial charge in [0.05, 0.1) is 7.11 Å². The Labute approximate surface area is 168 Å². The van der Waals surface area contributed by atoms with Crippen LogP contribution in [0.3, 0.4) is 0 Å². The normalized spacial score (nSPS) is 13.7. The summed E-state index contributed by atoms with van der Waals surface area (Å²) in [6.45, 7) is 3.34. The predicted octanol–water partition coefficient (Wildman–Crippen LogP) is 3.92. The molecule has 7 heteroatoms. The summed E-state index contributed by atoms with van der Waals surface area (Å²) in [4.78, 5) is 24.4. The van der Waals surface area contributed by atoms with Crippen molar-refractivity contribution in [2.75, 3.05) is 13.7 Å². The predicted molar refractivity (Wildman–Crippen MR) is 104 cm³/mol. The molecule has 0 radical (unpaired) electrons. The lowest BCUT2D eigenvalue weighted by molar-refractivity contribution is -0.137. The third-order valence-corrected chi connectivity index (χ3v) is 4.88. The van der Waals surface area contributed by atoms with Crippen molar-refractivity contribution in [3.05, 3.63) is 58.2 Å². The molecule has 1 aromatic carbocycles. The molecule has 0 unspecified atom stereocenters. The van der Waals surface area contributed by atoms with Gasteiger partial charge in [-0.1, -0.05) is 0 Å². The van der Waals surface area contributed by atoms with Crippen molar-refractivity contribution in [2.45, 2.75) is 32.7 Å². The monoisotopic (exact) mass is 396 g/mol. The van der Waals surface area contributed by atoms with Crippen molar-refractivity contribution in [3.63, 3.8) is 0 Å². The van der Waals surface area contributed by atoms with Crippen LogP contribution in [0.15, 0.2) is 29.8 Å². The van der Waals surface area contributed by atoms with Gasteiger partial charge in [0.25, 0.3) is 0 Å². The molecule has 1 aromatic heterocycles. The largest absolute Gasteiger partial charge is 0.494 e. The van der Waals surface area contributed by atoms with Crippen molar-refractivity contribution in [3.8, 4) is 11.8 Å². The fourth-order valence-electron chi connectivity index (χ4n) is 3.27. The summed E-state index contributed by atoms with van der Waals surface area (Å²) in [7, 11) is 1.32. The topological polar surface area (TPSA) is 81.3 Å². The van der Waals surface area contributed by atoms with Gasteiger partial charge in [-0.3, -0.25) is 4.79 Å². The van der Waals surface area contributed by atoms with Crippen LogP contribution in [0.5, 0.6) is 5.75 Å². The summed E-state index contributed by atoms with van der Waals surface area (Å²) in [5, 5.41) is 9.35. The zero-order valence-corrected chi connectivity index (χ0v) is 16.5. The maximum Gasteiger partial charge on any atom is 0.349 e. The maximum atomic E-state index is 13.7. The van der Waals surface area contributed by atoms with Crippen LogP contribution < -0.4 is 4.74 Å². The molecule has 1 fully saturated rings. The van der Waals surface area contributed by atoms with E-state index in [0.29, 0.717) is 6.04 Å². The zero-order chi connectivity index (χ0) is 21.1. The highest BCUT2D eigenvalue weighted by molar-refractivity contribution is 6.02. The lowest BCUT2D eigenvalue weighted by Gasteiger charge is -2.07. The van der Waals surface area contributed by atoms with Crippen molar-refractivity contribution < 1.29 is 23.5 Å². The molecule has 29 heavy (non-hydrogen) atoms. The van der Waals surface area contributed by atoms with E-state index < -0.39 is 24.2 Å². The van der Waals surface area contributed by atoms with E-state index in [-0.39, 0.29) is 16.9 Å². The number of rotatable bonds is 7. The first-order valence-electron chi connectivity index (χ1n) is 9.19. The van der Waals surface area contributed by atoms with Crippen LogP contribution in [0.4, 0.5) is 4.39 Å². The standard InChI is InChI=1S/C22H21FN2O4/c1-13-8-16(14(2)25(13)18-5-6-18)9-17(11-24)22(27)29-12-20(26)15-4-7-21(28-3)19(23)10-15/h4,7-10,18H,5-6,12H2,1-3H3/b17-9+. The van der Waals surface area contributed by atoms with Gasteiger partial charge in [-0.25, -0.2) is 9.18 Å². The van der Waals surface area contributed by atoms with Crippen LogP contribution in [-0.4, -0.2) is 30.0 Å². The van der Waals surface area contributed by atoms with Gasteiger partial charge in [0.1, 0.15) is 11.6 Å². The number of ketones is 1. The number of esters is 1. The second-order valence-electron chi connectivity index (χ2n) is 6.95. The molecule has 1 heterocycles. The Balaban J connectivity index is 1.70. The van der Waals surface area contributed by atoms with E-state index in [1.807, 2.05) is 26.0 Å². The minimum Gasteiger partial charge on any atom is -0.494 e. The quantitative estimate of drug-likeness (QED) is 0.307. The van der Waals surface area contributed by atoms with E-state index >= 15 is 0 Å². The molecule has 3 rings (SSSR count). The van der Waals surface area contributed by atoms with Crippen molar-refractivity contribution in [1.82, 2.24) is 4.57 Å². The molecular weight excluding hydrogens is 375 g/mol. The third-order valence-electron chi connectivity index (χ3n) is 4.88. The molecule has 6 nitrogen and oxygen atoms in total. The van der Waals surface area contributed by atoms with Crippen LogP contribution in [0.1, 0.15) is 46.2 Å². The van der Waals surface area contributed by atoms with E-state index in [9.17, 15) is 19.2 Å². The number of methoxy groups -OCH3 is 1. The number of aryl methyl sites for hydroxylation is 1. The number of halogens is 1. The van der Waals surface area contributed by atoms with Crippen molar-refractivity contribution in [2.24, 2.45) is 0 Å². The van der Waals surface area contributed by atoms with Gasteiger partial charge < -0.3 is 14.0 Å². The van der Waals surface area contributed by atoms with Crippen molar-refractivity contribution in [1.29, 1.82) is 5.26 Å². The smallest absolute Gasteiger partial charge is 0.349 e. The molecule has 2 aromatic rings. The van der Waals surface area contributed by atoms with Crippen LogP contribution in [0.2, 0.25) is 0 Å². The number of nitriles is 1. The zero-order valence-electron chi connectivity index (χ0n) is 16.5. The molecule has 150 valence electrons. The second-order valence-corrected chi connectivity index (χ2v) is 6.95. The summed E-state index contributed by atoms with van der Waals surface area (Å²) >= 11 is 0. The summed E-state index contributed by atoms with van der Waals surface area (Å²) in [5.74, 6) is -2.15. The molecule has 0 aliphatic heterocycles. The fraction of sp³-hybridized carbons (Fsp3) is 0.318. The summed E-state index contributed by atoms with van der Waals surface area (Å²) in [6.07, 6.45) is 3.72. The van der Waals surface area contributed by atoms with E-state index in [1.54, 1.807) is 0 Å². The number of benzene rings is 1. The van der Waals surface area contributed by atoms with Crippen LogP contribution in [0, 0.1) is 31.0 Å². The Morgan fingerprint density at radius 2 is 2.03 bits per heavy atom. The number of aromatic nitrogens is 1. The molecule has 0 spiro atoms. The Kier molecular flexibility index (Phi) is 5.83. The molecule has 1 aliphatic carbocycles. The highest BCUT2D eigenvalue weighted by atomic mass is 19.1. The van der Waals surface area contributed by atoms with Crippen LogP contribution in [-0.2, 0) is 9.53 Å². The number of ether oxygens (including phenoxy) is 2. The molecular formula is C22H21FN2O4. The first-order chi connectivity index (χ1) is 13.8. The Morgan fingerprint density at radius 1 is 1.31 bits per heavy atom. The Bertz CT molecular complexity index is 1040. The van der Waals surface area contributed by atoms with E-state index in [4.69, 9.17) is 9.47 Å². The highest BCUT2D eigenvalue weighted by Gasteiger charge is 2.27. The van der Waals surface area contributed by atoms with Crippen molar-refractivity contribution >= 4 is 17.8 Å². The number of hydrogen-bond donors (Lipinski definition) is 0. The molecule has 1 saturated carbocycles. The number of carbonyl (C=O) groups is 2. The van der Waals surface area contributed by atoms with Gasteiger partial charge in [0.15, 0.2) is 24.0 Å². The van der Waals surface area contributed by atoms with Gasteiger partial charge in [0, 0.05) is 23.0 Å². The average Bonchev–Trinajstić information content (AvgIpc) is 3.49. The third kappa shape index (κ3) is 4.37. The Hall–Kier alpha value is -3.40. The maximum absolute atomic E-state index is 13.7. The second kappa shape index (κ2) is 8.31. The number of Topliss-reactive ketones (excluding diaryl/α,β-unsaturated/α-hetero) is 1.